The molecule has 0 unspecified atom stereocenters. The summed E-state index contributed by atoms with van der Waals surface area (Å²) in [4.78, 5) is 4.04. The van der Waals surface area contributed by atoms with Gasteiger partial charge in [-0.15, -0.1) is 0 Å². The second kappa shape index (κ2) is 9.67. The number of rotatable bonds is 9. The third kappa shape index (κ3) is 6.19. The van der Waals surface area contributed by atoms with Crippen LogP contribution >= 0.6 is 11.6 Å². The van der Waals surface area contributed by atoms with Crippen LogP contribution in [0, 0.1) is 17.1 Å². The summed E-state index contributed by atoms with van der Waals surface area (Å²) in [5, 5.41) is 20.9. The molecule has 0 aliphatic heterocycles. The molecule has 0 radical (unpaired) electrons. The average molecular weight is 393 g/mol. The Morgan fingerprint density at radius 2 is 2.22 bits per heavy atom. The van der Waals surface area contributed by atoms with Gasteiger partial charge in [-0.1, -0.05) is 11.6 Å². The van der Waals surface area contributed by atoms with E-state index in [1.165, 1.54) is 31.0 Å². The van der Waals surface area contributed by atoms with Crippen molar-refractivity contribution < 1.29 is 9.50 Å². The van der Waals surface area contributed by atoms with Crippen molar-refractivity contribution in [3.63, 3.8) is 0 Å². The van der Waals surface area contributed by atoms with Gasteiger partial charge in [-0.3, -0.25) is 10.4 Å². The molecule has 1 atom stereocenters. The van der Waals surface area contributed by atoms with E-state index in [2.05, 4.69) is 10.3 Å². The van der Waals surface area contributed by atoms with Crippen LogP contribution in [-0.2, 0) is 0 Å². The number of aliphatic hydroxyl groups excluding tert-OH is 1. The Morgan fingerprint density at radius 1 is 1.52 bits per heavy atom. The molecule has 1 aromatic rings. The minimum atomic E-state index is -0.879. The fraction of sp³-hybridized carbons (Fsp3) is 0.400. The van der Waals surface area contributed by atoms with Gasteiger partial charge < -0.3 is 16.2 Å². The van der Waals surface area contributed by atoms with Crippen LogP contribution in [0.4, 0.5) is 4.39 Å². The van der Waals surface area contributed by atoms with E-state index in [0.717, 1.165) is 6.54 Å². The molecule has 0 spiro atoms. The highest BCUT2D eigenvalue weighted by atomic mass is 35.5. The van der Waals surface area contributed by atoms with Crippen LogP contribution in [0.2, 0.25) is 0 Å². The Balaban J connectivity index is 2.37. The maximum Gasteiger partial charge on any atom is 0.125 e. The Hall–Kier alpha value is -2.18. The van der Waals surface area contributed by atoms with Crippen LogP contribution in [0.15, 0.2) is 40.5 Å². The van der Waals surface area contributed by atoms with E-state index in [1.54, 1.807) is 26.4 Å². The molecule has 5 nitrogen and oxygen atoms in total. The minimum Gasteiger partial charge on any atom is -0.398 e. The van der Waals surface area contributed by atoms with Crippen LogP contribution in [-0.4, -0.2) is 30.1 Å². The molecule has 1 aliphatic carbocycles. The molecule has 146 valence electrons. The lowest BCUT2D eigenvalue weighted by Crippen LogP contribution is -2.13. The third-order valence-electron chi connectivity index (χ3n) is 4.43. The van der Waals surface area contributed by atoms with Crippen LogP contribution in [0.3, 0.4) is 0 Å². The molecule has 0 bridgehead atoms. The fourth-order valence-corrected chi connectivity index (χ4v) is 2.85. The molecule has 0 aromatic heterocycles. The quantitative estimate of drug-likeness (QED) is 0.482. The topological polar surface area (TPSA) is 94.5 Å². The van der Waals surface area contributed by atoms with Crippen molar-refractivity contribution in [2.75, 3.05) is 13.6 Å². The Kier molecular flexibility index (Phi) is 7.56. The molecule has 5 N–H and O–H groups in total. The Labute approximate surface area is 164 Å². The highest BCUT2D eigenvalue weighted by Gasteiger charge is 2.20. The summed E-state index contributed by atoms with van der Waals surface area (Å²) in [6.07, 6.45) is 5.20. The summed E-state index contributed by atoms with van der Waals surface area (Å²) >= 11 is 5.95. The van der Waals surface area contributed by atoms with Gasteiger partial charge in [-0.2, -0.15) is 0 Å². The second-order valence-electron chi connectivity index (χ2n) is 6.75. The first kappa shape index (κ1) is 21.1. The maximum atomic E-state index is 13.6. The molecule has 2 rings (SSSR count). The number of hydrogen-bond donors (Lipinski definition) is 4. The fourth-order valence-electron chi connectivity index (χ4n) is 2.73. The summed E-state index contributed by atoms with van der Waals surface area (Å²) in [6, 6.07) is 4.11. The summed E-state index contributed by atoms with van der Waals surface area (Å²) in [7, 11) is 1.62. The normalized spacial score (nSPS) is 17.0. The smallest absolute Gasteiger partial charge is 0.125 e. The molecule has 1 saturated carbocycles. The van der Waals surface area contributed by atoms with Gasteiger partial charge in [0.1, 0.15) is 11.0 Å². The van der Waals surface area contributed by atoms with Gasteiger partial charge in [0.25, 0.3) is 0 Å². The molecule has 1 aliphatic rings. The zero-order valence-corrected chi connectivity index (χ0v) is 16.4. The van der Waals surface area contributed by atoms with Gasteiger partial charge in [-0.25, -0.2) is 4.39 Å². The van der Waals surface area contributed by atoms with Gasteiger partial charge in [0.15, 0.2) is 0 Å². The number of nitrogens with two attached hydrogens (primary N) is 1. The van der Waals surface area contributed by atoms with Gasteiger partial charge >= 0.3 is 0 Å². The number of nitrogens with zero attached hydrogens (tertiary/aromatic N) is 1. The van der Waals surface area contributed by atoms with Crippen molar-refractivity contribution in [3.8, 4) is 0 Å². The lowest BCUT2D eigenvalue weighted by atomic mass is 9.95. The number of halogens is 2. The summed E-state index contributed by atoms with van der Waals surface area (Å²) < 4.78 is 13.6. The Bertz CT molecular complexity index is 782. The largest absolute Gasteiger partial charge is 0.398 e. The number of nitrogens with one attached hydrogen (secondary N) is 2. The molecule has 7 heteroatoms. The van der Waals surface area contributed by atoms with Crippen LogP contribution in [0.25, 0.3) is 5.70 Å². The summed E-state index contributed by atoms with van der Waals surface area (Å²) in [6.45, 7) is 2.41. The third-order valence-corrected chi connectivity index (χ3v) is 4.67. The van der Waals surface area contributed by atoms with Crippen molar-refractivity contribution in [2.24, 2.45) is 16.6 Å². The molecule has 1 fully saturated rings. The maximum absolute atomic E-state index is 13.6. The van der Waals surface area contributed by atoms with Crippen LogP contribution < -0.4 is 11.1 Å². The molecule has 0 amide bonds. The van der Waals surface area contributed by atoms with Gasteiger partial charge in [0.05, 0.1) is 6.10 Å². The molecular weight excluding hydrogens is 367 g/mol. The van der Waals surface area contributed by atoms with E-state index in [1.807, 2.05) is 0 Å². The first-order valence-electron chi connectivity index (χ1n) is 8.89. The van der Waals surface area contributed by atoms with Crippen molar-refractivity contribution in [1.29, 1.82) is 5.41 Å². The highest BCUT2D eigenvalue weighted by molar-refractivity contribution is 6.68. The lowest BCUT2D eigenvalue weighted by molar-refractivity contribution is 0.198. The number of hydrogen-bond acceptors (Lipinski definition) is 5. The van der Waals surface area contributed by atoms with Crippen molar-refractivity contribution in [3.05, 3.63) is 52.5 Å². The first-order valence-corrected chi connectivity index (χ1v) is 9.26. The van der Waals surface area contributed by atoms with Crippen molar-refractivity contribution in [2.45, 2.75) is 32.3 Å². The lowest BCUT2D eigenvalue weighted by Gasteiger charge is -2.16. The van der Waals surface area contributed by atoms with Crippen molar-refractivity contribution in [1.82, 2.24) is 5.32 Å². The molecule has 27 heavy (non-hydrogen) atoms. The Morgan fingerprint density at radius 3 is 2.78 bits per heavy atom. The zero-order chi connectivity index (χ0) is 20.0. The predicted molar refractivity (Wildman–Crippen MR) is 110 cm³/mol. The van der Waals surface area contributed by atoms with E-state index in [0.29, 0.717) is 40.3 Å². The predicted octanol–water partition coefficient (Wildman–Crippen LogP) is 3.74. The van der Waals surface area contributed by atoms with E-state index in [-0.39, 0.29) is 5.17 Å². The van der Waals surface area contributed by atoms with Crippen LogP contribution in [0.1, 0.15) is 43.4 Å². The average Bonchev–Trinajstić information content (AvgIpc) is 3.43. The minimum absolute atomic E-state index is 0.0806. The summed E-state index contributed by atoms with van der Waals surface area (Å²) in [5.74, 6) is 0.248. The SMILES string of the molecule is CN=CC(C/C(=C/NCC1CC1)C(=N)Cl)=C(N)c1ccc(F)cc1[C@@H](C)O. The molecule has 0 saturated heterocycles. The number of allylic oxidation sites excluding steroid dienone is 2. The highest BCUT2D eigenvalue weighted by Crippen LogP contribution is 2.28. The monoisotopic (exact) mass is 392 g/mol. The molecule has 1 aromatic carbocycles. The van der Waals surface area contributed by atoms with E-state index < -0.39 is 11.9 Å². The van der Waals surface area contributed by atoms with Crippen molar-refractivity contribution >= 4 is 28.7 Å². The standard InChI is InChI=1S/C20H26ClFN4O/c1-12(27)18-8-16(22)5-6-17(18)19(23)14(10-25-2)7-15(20(21)24)11-26-9-13-3-4-13/h5-6,8,10-13,24,26-27H,3-4,7,9,23H2,1-2H3/b15-11-,19-14?,24-20?,25-10?/t12-/m1/s1. The van der Waals surface area contributed by atoms with Gasteiger partial charge in [-0.05, 0) is 55.0 Å². The van der Waals surface area contributed by atoms with Crippen LogP contribution in [0.5, 0.6) is 0 Å². The van der Waals surface area contributed by atoms with Gasteiger partial charge in [0, 0.05) is 49.3 Å². The number of aliphatic imine (C=N–C) groups is 1. The molecular formula is C20H26ClFN4O. The first-order chi connectivity index (χ1) is 12.8. The zero-order valence-electron chi connectivity index (χ0n) is 15.6. The van der Waals surface area contributed by atoms with E-state index >= 15 is 0 Å². The van der Waals surface area contributed by atoms with E-state index in [9.17, 15) is 9.50 Å². The second-order valence-corrected chi connectivity index (χ2v) is 7.12. The molecule has 0 heterocycles. The van der Waals surface area contributed by atoms with E-state index in [4.69, 9.17) is 22.7 Å². The number of benzene rings is 1. The van der Waals surface area contributed by atoms with Gasteiger partial charge in [0.2, 0.25) is 0 Å². The number of aliphatic hydroxyl groups is 1. The summed E-state index contributed by atoms with van der Waals surface area (Å²) in [5.41, 5.74) is 8.85.